The molecule has 0 bridgehead atoms. The quantitative estimate of drug-likeness (QED) is 0.638. The highest BCUT2D eigenvalue weighted by atomic mass is 79.9. The van der Waals surface area contributed by atoms with Crippen LogP contribution in [0.2, 0.25) is 0 Å². The number of alkyl halides is 1. The van der Waals surface area contributed by atoms with Crippen LogP contribution in [0, 0.1) is 0 Å². The first-order valence-electron chi connectivity index (χ1n) is 4.90. The Morgan fingerprint density at radius 3 is 2.71 bits per heavy atom. The monoisotopic (exact) mass is 295 g/mol. The van der Waals surface area contributed by atoms with E-state index in [1.807, 2.05) is 0 Å². The number of hydrogen-bond donors (Lipinski definition) is 0. The molecule has 0 aliphatic rings. The number of rotatable bonds is 4. The van der Waals surface area contributed by atoms with Gasteiger partial charge in [-0.1, -0.05) is 15.9 Å². The van der Waals surface area contributed by atoms with E-state index in [4.69, 9.17) is 4.74 Å². The van der Waals surface area contributed by atoms with Gasteiger partial charge in [-0.2, -0.15) is 15.0 Å². The SMILES string of the molecule is COc1cc(-n2nccn2)ccc1C(=O)CBr. The number of aromatic nitrogens is 3. The molecular weight excluding hydrogens is 286 g/mol. The number of nitrogens with zero attached hydrogens (tertiary/aromatic N) is 3. The highest BCUT2D eigenvalue weighted by Crippen LogP contribution is 2.22. The Labute approximate surface area is 107 Å². The Kier molecular flexibility index (Phi) is 3.53. The molecule has 0 amide bonds. The molecule has 0 spiro atoms. The normalized spacial score (nSPS) is 10.2. The fourth-order valence-electron chi connectivity index (χ4n) is 1.46. The Bertz CT molecular complexity index is 526. The lowest BCUT2D eigenvalue weighted by Crippen LogP contribution is -2.05. The number of benzene rings is 1. The summed E-state index contributed by atoms with van der Waals surface area (Å²) in [6, 6.07) is 5.22. The van der Waals surface area contributed by atoms with Crippen LogP contribution in [0.15, 0.2) is 30.6 Å². The highest BCUT2D eigenvalue weighted by molar-refractivity contribution is 9.09. The molecule has 1 aromatic carbocycles. The van der Waals surface area contributed by atoms with Crippen LogP contribution in [0.3, 0.4) is 0 Å². The summed E-state index contributed by atoms with van der Waals surface area (Å²) in [6.45, 7) is 0. The fourth-order valence-corrected chi connectivity index (χ4v) is 1.76. The van der Waals surface area contributed by atoms with E-state index >= 15 is 0 Å². The minimum atomic E-state index is -0.0261. The van der Waals surface area contributed by atoms with E-state index in [2.05, 4.69) is 26.1 Å². The maximum Gasteiger partial charge on any atom is 0.177 e. The number of ketones is 1. The summed E-state index contributed by atoms with van der Waals surface area (Å²) < 4.78 is 5.20. The van der Waals surface area contributed by atoms with Crippen LogP contribution in [0.1, 0.15) is 10.4 Å². The summed E-state index contributed by atoms with van der Waals surface area (Å²) in [4.78, 5) is 13.1. The molecule has 0 saturated carbocycles. The number of carbonyl (C=O) groups excluding carboxylic acids is 1. The molecule has 17 heavy (non-hydrogen) atoms. The van der Waals surface area contributed by atoms with Crippen molar-refractivity contribution < 1.29 is 9.53 Å². The van der Waals surface area contributed by atoms with Gasteiger partial charge in [0.15, 0.2) is 5.78 Å². The van der Waals surface area contributed by atoms with Crippen molar-refractivity contribution in [2.24, 2.45) is 0 Å². The van der Waals surface area contributed by atoms with Gasteiger partial charge in [0.05, 0.1) is 36.1 Å². The van der Waals surface area contributed by atoms with Gasteiger partial charge < -0.3 is 4.74 Å². The Morgan fingerprint density at radius 2 is 2.12 bits per heavy atom. The molecule has 6 heteroatoms. The van der Waals surface area contributed by atoms with Crippen molar-refractivity contribution >= 4 is 21.7 Å². The summed E-state index contributed by atoms with van der Waals surface area (Å²) in [6.07, 6.45) is 3.17. The smallest absolute Gasteiger partial charge is 0.177 e. The third-order valence-electron chi connectivity index (χ3n) is 2.26. The first kappa shape index (κ1) is 11.8. The number of hydrogen-bond acceptors (Lipinski definition) is 4. The summed E-state index contributed by atoms with van der Waals surface area (Å²) >= 11 is 3.14. The molecule has 0 radical (unpaired) electrons. The van der Waals surface area contributed by atoms with E-state index in [9.17, 15) is 4.79 Å². The first-order valence-corrected chi connectivity index (χ1v) is 6.02. The molecule has 0 fully saturated rings. The molecule has 1 heterocycles. The van der Waals surface area contributed by atoms with E-state index in [0.717, 1.165) is 5.69 Å². The lowest BCUT2D eigenvalue weighted by atomic mass is 10.1. The minimum absolute atomic E-state index is 0.0261. The van der Waals surface area contributed by atoms with Crippen LogP contribution >= 0.6 is 15.9 Å². The van der Waals surface area contributed by atoms with Crippen LogP contribution in [0.4, 0.5) is 0 Å². The fraction of sp³-hybridized carbons (Fsp3) is 0.182. The summed E-state index contributed by atoms with van der Waals surface area (Å²) in [5.41, 5.74) is 1.29. The predicted molar refractivity (Wildman–Crippen MR) is 66.0 cm³/mol. The third kappa shape index (κ3) is 2.36. The Balaban J connectivity index is 2.44. The van der Waals surface area contributed by atoms with Crippen LogP contribution in [-0.4, -0.2) is 33.2 Å². The molecule has 0 saturated heterocycles. The number of methoxy groups -OCH3 is 1. The number of ether oxygens (including phenoxy) is 1. The average molecular weight is 296 g/mol. The van der Waals surface area contributed by atoms with E-state index in [-0.39, 0.29) is 11.1 Å². The van der Waals surface area contributed by atoms with Gasteiger partial charge in [0.1, 0.15) is 5.75 Å². The van der Waals surface area contributed by atoms with Gasteiger partial charge in [-0.3, -0.25) is 4.79 Å². The van der Waals surface area contributed by atoms with Crippen LogP contribution in [0.25, 0.3) is 5.69 Å². The molecule has 0 aliphatic carbocycles. The Morgan fingerprint density at radius 1 is 1.41 bits per heavy atom. The molecule has 2 aromatic rings. The second-order valence-electron chi connectivity index (χ2n) is 3.26. The van der Waals surface area contributed by atoms with Gasteiger partial charge in [-0.25, -0.2) is 0 Å². The average Bonchev–Trinajstić information content (AvgIpc) is 2.91. The standard InChI is InChI=1S/C11H10BrN3O2/c1-17-11-6-8(15-13-4-5-14-15)2-3-9(11)10(16)7-12/h2-6H,7H2,1H3. The maximum atomic E-state index is 11.6. The van der Waals surface area contributed by atoms with Crippen molar-refractivity contribution in [2.45, 2.75) is 0 Å². The molecule has 0 aliphatic heterocycles. The minimum Gasteiger partial charge on any atom is -0.496 e. The van der Waals surface area contributed by atoms with Crippen molar-refractivity contribution in [1.29, 1.82) is 0 Å². The van der Waals surface area contributed by atoms with Gasteiger partial charge in [0.2, 0.25) is 0 Å². The van der Waals surface area contributed by atoms with Crippen molar-refractivity contribution in [2.75, 3.05) is 12.4 Å². The van der Waals surface area contributed by atoms with Crippen molar-refractivity contribution in [1.82, 2.24) is 15.0 Å². The van der Waals surface area contributed by atoms with Crippen LogP contribution in [0.5, 0.6) is 5.75 Å². The van der Waals surface area contributed by atoms with Gasteiger partial charge in [-0.15, -0.1) is 0 Å². The van der Waals surface area contributed by atoms with Gasteiger partial charge in [0.25, 0.3) is 0 Å². The lowest BCUT2D eigenvalue weighted by Gasteiger charge is -2.08. The summed E-state index contributed by atoms with van der Waals surface area (Å²) in [7, 11) is 1.53. The number of carbonyl (C=O) groups is 1. The van der Waals surface area contributed by atoms with Gasteiger partial charge >= 0.3 is 0 Å². The molecule has 1 aromatic heterocycles. The van der Waals surface area contributed by atoms with Crippen molar-refractivity contribution in [3.05, 3.63) is 36.2 Å². The van der Waals surface area contributed by atoms with Crippen molar-refractivity contribution in [3.63, 3.8) is 0 Å². The molecule has 88 valence electrons. The zero-order valence-electron chi connectivity index (χ0n) is 9.13. The van der Waals surface area contributed by atoms with Gasteiger partial charge in [0, 0.05) is 6.07 Å². The molecule has 0 N–H and O–H groups in total. The first-order chi connectivity index (χ1) is 8.26. The van der Waals surface area contributed by atoms with E-state index in [1.165, 1.54) is 11.9 Å². The molecule has 0 atom stereocenters. The zero-order chi connectivity index (χ0) is 12.3. The van der Waals surface area contributed by atoms with Crippen molar-refractivity contribution in [3.8, 4) is 11.4 Å². The lowest BCUT2D eigenvalue weighted by molar-refractivity contribution is 0.102. The van der Waals surface area contributed by atoms with Crippen LogP contribution < -0.4 is 4.74 Å². The second kappa shape index (κ2) is 5.09. The Hall–Kier alpha value is -1.69. The van der Waals surface area contributed by atoms with E-state index in [0.29, 0.717) is 11.3 Å². The zero-order valence-corrected chi connectivity index (χ0v) is 10.7. The molecule has 2 rings (SSSR count). The molecule has 5 nitrogen and oxygen atoms in total. The van der Waals surface area contributed by atoms with E-state index < -0.39 is 0 Å². The highest BCUT2D eigenvalue weighted by Gasteiger charge is 2.12. The van der Waals surface area contributed by atoms with Crippen LogP contribution in [-0.2, 0) is 0 Å². The predicted octanol–water partition coefficient (Wildman–Crippen LogP) is 1.85. The largest absolute Gasteiger partial charge is 0.496 e. The summed E-state index contributed by atoms with van der Waals surface area (Å²) in [5, 5.41) is 8.29. The van der Waals surface area contributed by atoms with Gasteiger partial charge in [-0.05, 0) is 12.1 Å². The third-order valence-corrected chi connectivity index (χ3v) is 2.77. The maximum absolute atomic E-state index is 11.6. The number of halogens is 1. The molecule has 0 unspecified atom stereocenters. The topological polar surface area (TPSA) is 57.0 Å². The number of Topliss-reactive ketones (excluding diaryl/α,β-unsaturated/α-hetero) is 1. The van der Waals surface area contributed by atoms with E-state index in [1.54, 1.807) is 30.6 Å². The summed E-state index contributed by atoms with van der Waals surface area (Å²) in [5.74, 6) is 0.492. The second-order valence-corrected chi connectivity index (χ2v) is 3.82. The molecular formula is C11H10BrN3O2.